The van der Waals surface area contributed by atoms with E-state index in [2.05, 4.69) is 231 Å². The Hall–Kier alpha value is -7.48. The molecule has 0 aliphatic heterocycles. The molecule has 2 aliphatic carbocycles. The minimum absolute atomic E-state index is 0.0407. The fourth-order valence-electron chi connectivity index (χ4n) is 10.3. The van der Waals surface area contributed by atoms with Gasteiger partial charge in [0.2, 0.25) is 0 Å². The lowest BCUT2D eigenvalue weighted by Gasteiger charge is -2.26. The lowest BCUT2D eigenvalue weighted by atomic mass is 9.81. The molecule has 0 atom stereocenters. The van der Waals surface area contributed by atoms with Gasteiger partial charge in [0.05, 0.1) is 0 Å². The normalized spacial score (nSPS) is 13.6. The molecule has 10 aromatic rings. The zero-order valence-electron chi connectivity index (χ0n) is 35.1. The summed E-state index contributed by atoms with van der Waals surface area (Å²) in [7, 11) is 0. The predicted octanol–water partition coefficient (Wildman–Crippen LogP) is 16.9. The Morgan fingerprint density at radius 2 is 0.871 bits per heavy atom. The van der Waals surface area contributed by atoms with Crippen LogP contribution in [0.4, 0.5) is 17.1 Å². The van der Waals surface area contributed by atoms with E-state index in [1.54, 1.807) is 0 Å². The zero-order valence-corrected chi connectivity index (χ0v) is 35.1. The second kappa shape index (κ2) is 14.3. The molecule has 0 saturated carbocycles. The summed E-state index contributed by atoms with van der Waals surface area (Å²) >= 11 is 0. The summed E-state index contributed by atoms with van der Waals surface area (Å²) in [4.78, 5) is 2.38. The average Bonchev–Trinajstić information content (AvgIpc) is 3.57. The van der Waals surface area contributed by atoms with Crippen LogP contribution >= 0.6 is 0 Å². The van der Waals surface area contributed by atoms with Gasteiger partial charge in [-0.1, -0.05) is 172 Å². The molecule has 0 unspecified atom stereocenters. The first-order valence-corrected chi connectivity index (χ1v) is 22.0. The summed E-state index contributed by atoms with van der Waals surface area (Å²) in [5, 5.41) is 7.72. The Balaban J connectivity index is 0.916. The van der Waals surface area contributed by atoms with Crippen LogP contribution in [0.2, 0.25) is 0 Å². The molecule has 0 spiro atoms. The van der Waals surface area contributed by atoms with Crippen molar-refractivity contribution in [3.63, 3.8) is 0 Å². The van der Waals surface area contributed by atoms with Crippen LogP contribution in [-0.4, -0.2) is 0 Å². The molecule has 0 N–H and O–H groups in total. The van der Waals surface area contributed by atoms with Gasteiger partial charge in [-0.3, -0.25) is 0 Å². The molecular formula is C61H45N. The van der Waals surface area contributed by atoms with E-state index in [1.165, 1.54) is 99.1 Å². The number of benzene rings is 10. The highest BCUT2D eigenvalue weighted by atomic mass is 15.1. The Morgan fingerprint density at radius 3 is 1.55 bits per heavy atom. The first kappa shape index (κ1) is 36.4. The molecule has 0 heterocycles. The molecule has 1 heteroatoms. The van der Waals surface area contributed by atoms with Gasteiger partial charge in [-0.25, -0.2) is 0 Å². The molecule has 12 rings (SSSR count). The highest BCUT2D eigenvalue weighted by molar-refractivity contribution is 6.08. The van der Waals surface area contributed by atoms with Crippen LogP contribution in [0.3, 0.4) is 0 Å². The summed E-state index contributed by atoms with van der Waals surface area (Å²) in [6, 6.07) is 74.7. The lowest BCUT2D eigenvalue weighted by Crippen LogP contribution is -2.14. The highest BCUT2D eigenvalue weighted by Gasteiger charge is 2.35. The SMILES string of the molecule is CC1(C)c2ccccc2-c2ccc(-c3ccc(N(c4ccc(-c5ccc6ccc7c(c6c5)C=CCC7)cc4)c4ccc(-c5ccc6ccc7ccccc7c6c5)cc4)cc3)cc21. The molecule has 0 fully saturated rings. The Bertz CT molecular complexity index is 3400. The first-order valence-electron chi connectivity index (χ1n) is 22.0. The second-order valence-corrected chi connectivity index (χ2v) is 17.6. The van der Waals surface area contributed by atoms with E-state index in [0.717, 1.165) is 29.9 Å². The van der Waals surface area contributed by atoms with Crippen LogP contribution < -0.4 is 4.90 Å². The van der Waals surface area contributed by atoms with Gasteiger partial charge >= 0.3 is 0 Å². The van der Waals surface area contributed by atoms with Gasteiger partial charge in [0.1, 0.15) is 0 Å². The van der Waals surface area contributed by atoms with Crippen molar-refractivity contribution in [3.8, 4) is 44.5 Å². The summed E-state index contributed by atoms with van der Waals surface area (Å²) in [5.74, 6) is 0. The van der Waals surface area contributed by atoms with E-state index in [4.69, 9.17) is 0 Å². The second-order valence-electron chi connectivity index (χ2n) is 17.6. The maximum Gasteiger partial charge on any atom is 0.0462 e. The third kappa shape index (κ3) is 5.99. The number of rotatable bonds is 6. The monoisotopic (exact) mass is 791 g/mol. The average molecular weight is 792 g/mol. The van der Waals surface area contributed by atoms with E-state index in [9.17, 15) is 0 Å². The van der Waals surface area contributed by atoms with Gasteiger partial charge in [0, 0.05) is 22.5 Å². The highest BCUT2D eigenvalue weighted by Crippen LogP contribution is 2.50. The first-order chi connectivity index (χ1) is 30.5. The predicted molar refractivity (Wildman–Crippen MR) is 265 cm³/mol. The third-order valence-electron chi connectivity index (χ3n) is 13.7. The van der Waals surface area contributed by atoms with Gasteiger partial charge in [0.15, 0.2) is 0 Å². The van der Waals surface area contributed by atoms with E-state index >= 15 is 0 Å². The van der Waals surface area contributed by atoms with Crippen LogP contribution in [0.25, 0.3) is 82.9 Å². The smallest absolute Gasteiger partial charge is 0.0462 e. The van der Waals surface area contributed by atoms with Crippen molar-refractivity contribution in [1.82, 2.24) is 0 Å². The number of aryl methyl sites for hydroxylation is 1. The fourth-order valence-corrected chi connectivity index (χ4v) is 10.3. The van der Waals surface area contributed by atoms with Crippen molar-refractivity contribution in [1.29, 1.82) is 0 Å². The summed E-state index contributed by atoms with van der Waals surface area (Å²) < 4.78 is 0. The van der Waals surface area contributed by atoms with E-state index < -0.39 is 0 Å². The molecular weight excluding hydrogens is 747 g/mol. The third-order valence-corrected chi connectivity index (χ3v) is 13.7. The van der Waals surface area contributed by atoms with Gasteiger partial charge in [-0.05, 0) is 167 Å². The zero-order chi connectivity index (χ0) is 41.4. The van der Waals surface area contributed by atoms with E-state index in [1.807, 2.05) is 0 Å². The number of nitrogens with zero attached hydrogens (tertiary/aromatic N) is 1. The minimum atomic E-state index is -0.0407. The number of fused-ring (bicyclic) bond motifs is 9. The van der Waals surface area contributed by atoms with Gasteiger partial charge in [-0.15, -0.1) is 0 Å². The molecule has 2 aliphatic rings. The van der Waals surface area contributed by atoms with Gasteiger partial charge < -0.3 is 4.90 Å². The maximum atomic E-state index is 2.41. The van der Waals surface area contributed by atoms with E-state index in [-0.39, 0.29) is 5.41 Å². The van der Waals surface area contributed by atoms with Gasteiger partial charge in [0.25, 0.3) is 0 Å². The summed E-state index contributed by atoms with van der Waals surface area (Å²) in [5.41, 5.74) is 18.9. The number of allylic oxidation sites excluding steroid dienone is 1. The van der Waals surface area contributed by atoms with Crippen molar-refractivity contribution in [2.45, 2.75) is 32.1 Å². The topological polar surface area (TPSA) is 3.24 Å². The number of hydrogen-bond donors (Lipinski definition) is 0. The largest absolute Gasteiger partial charge is 0.311 e. The molecule has 62 heavy (non-hydrogen) atoms. The van der Waals surface area contributed by atoms with Crippen LogP contribution in [0.15, 0.2) is 206 Å². The van der Waals surface area contributed by atoms with E-state index in [0.29, 0.717) is 0 Å². The number of anilines is 3. The quantitative estimate of drug-likeness (QED) is 0.152. The summed E-state index contributed by atoms with van der Waals surface area (Å²) in [6.45, 7) is 4.70. The lowest BCUT2D eigenvalue weighted by molar-refractivity contribution is 0.660. The maximum absolute atomic E-state index is 2.41. The Kier molecular flexibility index (Phi) is 8.40. The van der Waals surface area contributed by atoms with Crippen LogP contribution in [0.1, 0.15) is 42.5 Å². The van der Waals surface area contributed by atoms with Crippen LogP contribution in [-0.2, 0) is 11.8 Å². The minimum Gasteiger partial charge on any atom is -0.311 e. The fraction of sp³-hybridized carbons (Fsp3) is 0.0820. The van der Waals surface area contributed by atoms with Crippen molar-refractivity contribution in [2.75, 3.05) is 4.90 Å². The molecule has 0 saturated heterocycles. The molecule has 0 radical (unpaired) electrons. The summed E-state index contributed by atoms with van der Waals surface area (Å²) in [6.07, 6.45) is 6.85. The standard InChI is InChI=1S/C61H45N/c1-61(2)59-14-8-7-13-55(59)56-36-29-49(39-60(56)61)42-27-34-52(35-28-42)62(50-30-23-40(24-31-50)47-21-19-45-17-15-43-9-3-5-11-53(43)57(45)37-47)51-32-25-41(26-33-51)48-22-20-46-18-16-44-10-4-6-12-54(44)58(46)38-48/h3,5-9,11-39H,4,10H2,1-2H3. The molecule has 10 aromatic carbocycles. The molecule has 0 bridgehead atoms. The number of hydrogen-bond acceptors (Lipinski definition) is 1. The molecule has 0 aromatic heterocycles. The van der Waals surface area contributed by atoms with Crippen LogP contribution in [0, 0.1) is 0 Å². The van der Waals surface area contributed by atoms with Crippen molar-refractivity contribution in [3.05, 3.63) is 229 Å². The van der Waals surface area contributed by atoms with Crippen molar-refractivity contribution >= 4 is 55.5 Å². The molecule has 1 nitrogen and oxygen atoms in total. The Morgan fingerprint density at radius 1 is 0.387 bits per heavy atom. The van der Waals surface area contributed by atoms with Gasteiger partial charge in [-0.2, -0.15) is 0 Å². The molecule has 0 amide bonds. The molecule has 294 valence electrons. The van der Waals surface area contributed by atoms with Crippen molar-refractivity contribution < 1.29 is 0 Å². The van der Waals surface area contributed by atoms with Crippen molar-refractivity contribution in [2.24, 2.45) is 0 Å². The van der Waals surface area contributed by atoms with Crippen LogP contribution in [0.5, 0.6) is 0 Å². The Labute approximate surface area is 363 Å².